The molecule has 3 rings (SSSR count). The Bertz CT molecular complexity index is 1040. The number of anilines is 1. The lowest BCUT2D eigenvalue weighted by Crippen LogP contribution is -2.41. The Kier molecular flexibility index (Phi) is 5.95. The number of oxazole rings is 1. The van der Waals surface area contributed by atoms with Crippen molar-refractivity contribution >= 4 is 17.8 Å². The molecule has 0 bridgehead atoms. The number of hydrazine groups is 1. The van der Waals surface area contributed by atoms with Crippen molar-refractivity contribution in [2.75, 3.05) is 19.6 Å². The van der Waals surface area contributed by atoms with Crippen molar-refractivity contribution in [3.63, 3.8) is 0 Å². The third-order valence-corrected chi connectivity index (χ3v) is 4.05. The van der Waals surface area contributed by atoms with E-state index in [1.54, 1.807) is 30.3 Å². The van der Waals surface area contributed by atoms with Crippen molar-refractivity contribution < 1.29 is 32.3 Å². The first-order chi connectivity index (χ1) is 14.4. The zero-order valence-corrected chi connectivity index (χ0v) is 15.9. The summed E-state index contributed by atoms with van der Waals surface area (Å²) in [5.74, 6) is -6.11. The highest BCUT2D eigenvalue weighted by molar-refractivity contribution is 5.93. The van der Waals surface area contributed by atoms with E-state index >= 15 is 0 Å². The number of alkyl halides is 2. The van der Waals surface area contributed by atoms with Gasteiger partial charge in [0.2, 0.25) is 17.5 Å². The van der Waals surface area contributed by atoms with Gasteiger partial charge in [0.1, 0.15) is 5.75 Å². The summed E-state index contributed by atoms with van der Waals surface area (Å²) in [6, 6.07) is 13.1. The van der Waals surface area contributed by atoms with Crippen molar-refractivity contribution in [1.82, 2.24) is 10.4 Å². The zero-order chi connectivity index (χ0) is 21.7. The van der Waals surface area contributed by atoms with Gasteiger partial charge < -0.3 is 13.9 Å². The number of hydrogen-bond donors (Lipinski definition) is 2. The number of halogens is 2. The Morgan fingerprint density at radius 1 is 1.03 bits per heavy atom. The van der Waals surface area contributed by atoms with Gasteiger partial charge in [-0.3, -0.25) is 15.6 Å². The number of nitrogens with zero attached hydrogens (tertiary/aromatic N) is 1. The molecule has 30 heavy (non-hydrogen) atoms. The van der Waals surface area contributed by atoms with E-state index in [4.69, 9.17) is 9.15 Å². The van der Waals surface area contributed by atoms with Crippen molar-refractivity contribution in [3.05, 3.63) is 65.9 Å². The Hall–Kier alpha value is -3.95. The summed E-state index contributed by atoms with van der Waals surface area (Å²) >= 11 is 0. The topological polar surface area (TPSA) is 103 Å². The van der Waals surface area contributed by atoms with E-state index in [0.717, 1.165) is 19.2 Å². The van der Waals surface area contributed by atoms with Gasteiger partial charge in [-0.2, -0.15) is 13.8 Å². The number of methoxy groups -OCH3 is 2. The highest BCUT2D eigenvalue weighted by Gasteiger charge is 2.41. The van der Waals surface area contributed by atoms with E-state index in [1.807, 2.05) is 5.43 Å². The molecule has 1 aromatic heterocycles. The molecular formula is C20H17F2N3O5. The summed E-state index contributed by atoms with van der Waals surface area (Å²) in [5.41, 5.74) is 3.68. The van der Waals surface area contributed by atoms with Crippen LogP contribution in [0.1, 0.15) is 16.1 Å². The highest BCUT2D eigenvalue weighted by atomic mass is 19.3. The Labute approximate surface area is 169 Å². The van der Waals surface area contributed by atoms with Gasteiger partial charge in [-0.15, -0.1) is 0 Å². The average Bonchev–Trinajstić information content (AvgIpc) is 3.21. The molecule has 0 fully saturated rings. The Morgan fingerprint density at radius 2 is 1.70 bits per heavy atom. The van der Waals surface area contributed by atoms with Crippen molar-refractivity contribution in [1.29, 1.82) is 0 Å². The smallest absolute Gasteiger partial charge is 0.362 e. The number of ether oxygens (including phenoxy) is 2. The minimum atomic E-state index is -3.82. The number of amides is 1. The summed E-state index contributed by atoms with van der Waals surface area (Å²) in [4.78, 5) is 28.0. The zero-order valence-electron chi connectivity index (χ0n) is 15.9. The van der Waals surface area contributed by atoms with Crippen molar-refractivity contribution in [2.24, 2.45) is 0 Å². The fourth-order valence-corrected chi connectivity index (χ4v) is 2.47. The third kappa shape index (κ3) is 4.22. The van der Waals surface area contributed by atoms with Gasteiger partial charge in [-0.25, -0.2) is 4.79 Å². The fraction of sp³-hybridized carbons (Fsp3) is 0.150. The van der Waals surface area contributed by atoms with E-state index in [-0.39, 0.29) is 17.5 Å². The molecule has 10 heteroatoms. The van der Waals surface area contributed by atoms with Crippen LogP contribution in [0.25, 0.3) is 11.5 Å². The van der Waals surface area contributed by atoms with E-state index in [1.165, 1.54) is 19.2 Å². The van der Waals surface area contributed by atoms with E-state index in [2.05, 4.69) is 15.1 Å². The maximum atomic E-state index is 14.3. The first-order valence-electron chi connectivity index (χ1n) is 8.60. The first kappa shape index (κ1) is 20.8. The minimum Gasteiger partial charge on any atom is -0.497 e. The molecule has 0 spiro atoms. The van der Waals surface area contributed by atoms with Gasteiger partial charge in [0.25, 0.3) is 0 Å². The Morgan fingerprint density at radius 3 is 2.30 bits per heavy atom. The minimum absolute atomic E-state index is 0.00428. The molecule has 1 heterocycles. The predicted octanol–water partition coefficient (Wildman–Crippen LogP) is 3.37. The van der Waals surface area contributed by atoms with Crippen LogP contribution < -0.4 is 15.6 Å². The molecule has 156 valence electrons. The molecule has 8 nitrogen and oxygen atoms in total. The number of nitrogens with one attached hydrogen (secondary N) is 2. The van der Waals surface area contributed by atoms with Crippen LogP contribution in [0.3, 0.4) is 0 Å². The number of benzene rings is 2. The molecule has 0 aliphatic carbocycles. The van der Waals surface area contributed by atoms with Crippen LogP contribution in [0.2, 0.25) is 0 Å². The van der Waals surface area contributed by atoms with Crippen LogP contribution in [0, 0.1) is 0 Å². The molecule has 2 N–H and O–H groups in total. The third-order valence-electron chi connectivity index (χ3n) is 4.05. The van der Waals surface area contributed by atoms with Crippen molar-refractivity contribution in [2.45, 2.75) is 5.92 Å². The SMILES string of the molecule is COC(=O)c1nc(-c2ccc(OC)cc2)oc1NNC(=O)C(F)(F)c1ccccc1. The number of esters is 1. The first-order valence-corrected chi connectivity index (χ1v) is 8.60. The van der Waals surface area contributed by atoms with Gasteiger partial charge in [0.05, 0.1) is 14.2 Å². The van der Waals surface area contributed by atoms with E-state index in [0.29, 0.717) is 11.3 Å². The quantitative estimate of drug-likeness (QED) is 0.449. The maximum Gasteiger partial charge on any atom is 0.362 e. The summed E-state index contributed by atoms with van der Waals surface area (Å²) in [6.07, 6.45) is 0. The molecule has 1 amide bonds. The van der Waals surface area contributed by atoms with Crippen LogP contribution in [-0.2, 0) is 15.5 Å². The molecule has 0 aliphatic rings. The second-order valence-electron chi connectivity index (χ2n) is 5.94. The summed E-state index contributed by atoms with van der Waals surface area (Å²) in [6.45, 7) is 0. The summed E-state index contributed by atoms with van der Waals surface area (Å²) in [5, 5.41) is 0. The summed E-state index contributed by atoms with van der Waals surface area (Å²) < 4.78 is 43.8. The second-order valence-corrected chi connectivity index (χ2v) is 5.94. The van der Waals surface area contributed by atoms with Crippen LogP contribution in [0.4, 0.5) is 14.7 Å². The predicted molar refractivity (Wildman–Crippen MR) is 102 cm³/mol. The molecule has 0 saturated carbocycles. The molecular weight excluding hydrogens is 400 g/mol. The molecule has 0 unspecified atom stereocenters. The van der Waals surface area contributed by atoms with Crippen molar-refractivity contribution in [3.8, 4) is 17.2 Å². The molecule has 0 radical (unpaired) electrons. The maximum absolute atomic E-state index is 14.3. The lowest BCUT2D eigenvalue weighted by Gasteiger charge is -2.16. The van der Waals surface area contributed by atoms with Crippen LogP contribution in [-0.4, -0.2) is 31.1 Å². The standard InChI is InChI=1S/C20H17F2N3O5/c1-28-14-10-8-12(9-11-14)16-23-15(18(26)29-2)17(30-16)24-25-19(27)20(21,22)13-6-4-3-5-7-13/h3-11,24H,1-2H3,(H,25,27). The van der Waals surface area contributed by atoms with Crippen LogP contribution in [0.5, 0.6) is 5.75 Å². The lowest BCUT2D eigenvalue weighted by molar-refractivity contribution is -0.146. The largest absolute Gasteiger partial charge is 0.497 e. The average molecular weight is 417 g/mol. The van der Waals surface area contributed by atoms with Gasteiger partial charge in [-0.1, -0.05) is 30.3 Å². The number of rotatable bonds is 7. The van der Waals surface area contributed by atoms with E-state index in [9.17, 15) is 18.4 Å². The van der Waals surface area contributed by atoms with Gasteiger partial charge in [-0.05, 0) is 24.3 Å². The Balaban J connectivity index is 1.83. The molecule has 0 saturated heterocycles. The summed E-state index contributed by atoms with van der Waals surface area (Å²) in [7, 11) is 2.63. The molecule has 0 atom stereocenters. The number of carbonyl (C=O) groups excluding carboxylic acids is 2. The highest BCUT2D eigenvalue weighted by Crippen LogP contribution is 2.29. The van der Waals surface area contributed by atoms with Gasteiger partial charge in [0.15, 0.2) is 0 Å². The number of aromatic nitrogens is 1. The van der Waals surface area contributed by atoms with E-state index < -0.39 is 23.4 Å². The lowest BCUT2D eigenvalue weighted by atomic mass is 10.1. The van der Waals surface area contributed by atoms with Gasteiger partial charge in [0, 0.05) is 11.1 Å². The number of carbonyl (C=O) groups is 2. The normalized spacial score (nSPS) is 10.9. The fourth-order valence-electron chi connectivity index (χ4n) is 2.47. The van der Waals surface area contributed by atoms with Crippen LogP contribution in [0.15, 0.2) is 59.0 Å². The van der Waals surface area contributed by atoms with Gasteiger partial charge >= 0.3 is 17.8 Å². The number of hydrogen-bond acceptors (Lipinski definition) is 7. The molecule has 2 aromatic carbocycles. The molecule has 3 aromatic rings. The second kappa shape index (κ2) is 8.60. The monoisotopic (exact) mass is 417 g/mol. The molecule has 0 aliphatic heterocycles. The van der Waals surface area contributed by atoms with Crippen LogP contribution >= 0.6 is 0 Å².